The second-order valence-electron chi connectivity index (χ2n) is 4.78. The fraction of sp³-hybridized carbons (Fsp3) is 0.200. The molecule has 2 aliphatic heterocycles. The Morgan fingerprint density at radius 2 is 2.00 bits per heavy atom. The average Bonchev–Trinajstić information content (AvgIpc) is 2.46. The first-order chi connectivity index (χ1) is 10.5. The molecule has 112 valence electrons. The number of cyclic esters (lactones) is 1. The van der Waals surface area contributed by atoms with Crippen LogP contribution in [-0.2, 0) is 14.3 Å². The third-order valence-corrected chi connectivity index (χ3v) is 4.23. The molecule has 3 rings (SSSR count). The third-order valence-electron chi connectivity index (χ3n) is 3.57. The number of carbonyl (C=O) groups excluding carboxylic acids is 1. The number of nitrogens with zero attached hydrogens (tertiary/aromatic N) is 1. The number of hydrogen-bond donors (Lipinski definition) is 1. The van der Waals surface area contributed by atoms with E-state index in [1.54, 1.807) is 18.2 Å². The van der Waals surface area contributed by atoms with Crippen molar-refractivity contribution in [1.29, 1.82) is 5.26 Å². The van der Waals surface area contributed by atoms with Crippen LogP contribution in [0.15, 0.2) is 41.0 Å². The zero-order chi connectivity index (χ0) is 15.9. The van der Waals surface area contributed by atoms with E-state index in [1.165, 1.54) is 0 Å². The van der Waals surface area contributed by atoms with Crippen LogP contribution in [0.4, 0.5) is 0 Å². The molecule has 1 atom stereocenters. The Hall–Kier alpha value is -2.16. The van der Waals surface area contributed by atoms with Crippen molar-refractivity contribution in [2.45, 2.75) is 12.3 Å². The van der Waals surface area contributed by atoms with E-state index in [0.717, 1.165) is 0 Å². The highest BCUT2D eigenvalue weighted by Crippen LogP contribution is 2.46. The molecule has 1 aromatic carbocycles. The summed E-state index contributed by atoms with van der Waals surface area (Å²) < 4.78 is 10.5. The van der Waals surface area contributed by atoms with E-state index in [9.17, 15) is 10.1 Å². The lowest BCUT2D eigenvalue weighted by atomic mass is 9.82. The normalized spacial score (nSPS) is 21.0. The van der Waals surface area contributed by atoms with Crippen molar-refractivity contribution in [2.24, 2.45) is 5.73 Å². The molecule has 0 aliphatic carbocycles. The molecule has 22 heavy (non-hydrogen) atoms. The largest absolute Gasteiger partial charge is 0.462 e. The van der Waals surface area contributed by atoms with Gasteiger partial charge in [0.05, 0.1) is 18.1 Å². The molecule has 2 aliphatic rings. The van der Waals surface area contributed by atoms with E-state index in [-0.39, 0.29) is 23.6 Å². The SMILES string of the molecule is N#CC1=C(N)OC2=C(C(=O)OCC2)C1c1c(Cl)cccc1Cl. The van der Waals surface area contributed by atoms with Gasteiger partial charge in [0, 0.05) is 22.0 Å². The molecule has 0 amide bonds. The maximum Gasteiger partial charge on any atom is 0.338 e. The van der Waals surface area contributed by atoms with Gasteiger partial charge in [-0.2, -0.15) is 5.26 Å². The molecule has 0 saturated carbocycles. The lowest BCUT2D eigenvalue weighted by Gasteiger charge is -2.31. The molecule has 1 unspecified atom stereocenters. The Kier molecular flexibility index (Phi) is 3.73. The Bertz CT molecular complexity index is 757. The number of benzene rings is 1. The van der Waals surface area contributed by atoms with Gasteiger partial charge >= 0.3 is 5.97 Å². The van der Waals surface area contributed by atoms with Gasteiger partial charge in [0.1, 0.15) is 17.4 Å². The first-order valence-corrected chi connectivity index (χ1v) is 7.21. The number of hydrogen-bond acceptors (Lipinski definition) is 5. The Morgan fingerprint density at radius 1 is 1.32 bits per heavy atom. The summed E-state index contributed by atoms with van der Waals surface area (Å²) in [6, 6.07) is 6.94. The predicted molar refractivity (Wildman–Crippen MR) is 79.7 cm³/mol. The number of halogens is 2. The van der Waals surface area contributed by atoms with Gasteiger partial charge in [-0.1, -0.05) is 29.3 Å². The third kappa shape index (κ3) is 2.21. The minimum atomic E-state index is -0.789. The van der Waals surface area contributed by atoms with Crippen molar-refractivity contribution < 1.29 is 14.3 Å². The summed E-state index contributed by atoms with van der Waals surface area (Å²) in [6.45, 7) is 0.204. The number of rotatable bonds is 1. The topological polar surface area (TPSA) is 85.3 Å². The zero-order valence-corrected chi connectivity index (χ0v) is 12.7. The minimum absolute atomic E-state index is 0.0445. The smallest absolute Gasteiger partial charge is 0.338 e. The van der Waals surface area contributed by atoms with Crippen LogP contribution in [-0.4, -0.2) is 12.6 Å². The number of nitriles is 1. The average molecular weight is 337 g/mol. The number of ether oxygens (including phenoxy) is 2. The van der Waals surface area contributed by atoms with Gasteiger partial charge in [-0.3, -0.25) is 0 Å². The second kappa shape index (κ2) is 5.56. The Morgan fingerprint density at radius 3 is 2.64 bits per heavy atom. The van der Waals surface area contributed by atoms with Crippen molar-refractivity contribution in [2.75, 3.05) is 6.61 Å². The number of allylic oxidation sites excluding steroid dienone is 1. The van der Waals surface area contributed by atoms with Gasteiger partial charge in [-0.15, -0.1) is 0 Å². The lowest BCUT2D eigenvalue weighted by Crippen LogP contribution is -2.30. The maximum absolute atomic E-state index is 12.2. The molecular formula is C15H10Cl2N2O3. The van der Waals surface area contributed by atoms with E-state index in [2.05, 4.69) is 0 Å². The van der Waals surface area contributed by atoms with Crippen LogP contribution in [0.5, 0.6) is 0 Å². The molecule has 0 fully saturated rings. The predicted octanol–water partition coefficient (Wildman–Crippen LogP) is 3.00. The van der Waals surface area contributed by atoms with Gasteiger partial charge in [0.25, 0.3) is 0 Å². The van der Waals surface area contributed by atoms with Gasteiger partial charge in [0.2, 0.25) is 5.88 Å². The van der Waals surface area contributed by atoms with Crippen LogP contribution in [0, 0.1) is 11.3 Å². The minimum Gasteiger partial charge on any atom is -0.462 e. The number of esters is 1. The van der Waals surface area contributed by atoms with Gasteiger partial charge in [-0.05, 0) is 12.1 Å². The van der Waals surface area contributed by atoms with Crippen LogP contribution >= 0.6 is 23.2 Å². The van der Waals surface area contributed by atoms with Crippen LogP contribution in [0.25, 0.3) is 0 Å². The Labute approximate surface area is 136 Å². The molecule has 0 bridgehead atoms. The number of carbonyl (C=O) groups is 1. The summed E-state index contributed by atoms with van der Waals surface area (Å²) >= 11 is 12.5. The first-order valence-electron chi connectivity index (χ1n) is 6.46. The number of nitrogens with two attached hydrogens (primary N) is 1. The first kappa shape index (κ1) is 14.8. The lowest BCUT2D eigenvalue weighted by molar-refractivity contribution is -0.141. The zero-order valence-electron chi connectivity index (χ0n) is 11.2. The molecule has 5 nitrogen and oxygen atoms in total. The van der Waals surface area contributed by atoms with Gasteiger partial charge < -0.3 is 15.2 Å². The summed E-state index contributed by atoms with van der Waals surface area (Å²) in [6.07, 6.45) is 0.388. The molecule has 0 radical (unpaired) electrons. The summed E-state index contributed by atoms with van der Waals surface area (Å²) in [4.78, 5) is 12.2. The molecule has 1 aromatic rings. The van der Waals surface area contributed by atoms with E-state index in [0.29, 0.717) is 27.8 Å². The molecular weight excluding hydrogens is 327 g/mol. The quantitative estimate of drug-likeness (QED) is 0.796. The Balaban J connectivity index is 2.28. The van der Waals surface area contributed by atoms with Crippen LogP contribution in [0.2, 0.25) is 10.0 Å². The monoisotopic (exact) mass is 336 g/mol. The maximum atomic E-state index is 12.2. The molecule has 2 N–H and O–H groups in total. The fourth-order valence-corrected chi connectivity index (χ4v) is 3.23. The second-order valence-corrected chi connectivity index (χ2v) is 5.60. The van der Waals surface area contributed by atoms with Crippen LogP contribution in [0.1, 0.15) is 17.9 Å². The van der Waals surface area contributed by atoms with Crippen molar-refractivity contribution in [3.8, 4) is 6.07 Å². The van der Waals surface area contributed by atoms with Crippen molar-refractivity contribution in [3.63, 3.8) is 0 Å². The van der Waals surface area contributed by atoms with Crippen LogP contribution in [0.3, 0.4) is 0 Å². The standard InChI is InChI=1S/C15H10Cl2N2O3/c16-8-2-1-3-9(17)12(8)11-7(6-18)14(19)22-10-4-5-21-15(20)13(10)11/h1-3,11H,4-5,19H2. The molecule has 2 heterocycles. The molecule has 0 spiro atoms. The van der Waals surface area contributed by atoms with Gasteiger partial charge in [0.15, 0.2) is 0 Å². The molecule has 0 saturated heterocycles. The van der Waals surface area contributed by atoms with E-state index in [4.69, 9.17) is 38.4 Å². The summed E-state index contributed by atoms with van der Waals surface area (Å²) in [5.74, 6) is -0.990. The van der Waals surface area contributed by atoms with E-state index >= 15 is 0 Å². The van der Waals surface area contributed by atoms with Crippen molar-refractivity contribution in [1.82, 2.24) is 0 Å². The summed E-state index contributed by atoms with van der Waals surface area (Å²) in [5.41, 5.74) is 6.60. The van der Waals surface area contributed by atoms with Crippen molar-refractivity contribution in [3.05, 3.63) is 56.6 Å². The highest BCUT2D eigenvalue weighted by molar-refractivity contribution is 6.36. The van der Waals surface area contributed by atoms with Gasteiger partial charge in [-0.25, -0.2) is 4.79 Å². The highest BCUT2D eigenvalue weighted by atomic mass is 35.5. The van der Waals surface area contributed by atoms with E-state index < -0.39 is 11.9 Å². The van der Waals surface area contributed by atoms with Crippen LogP contribution < -0.4 is 5.73 Å². The fourth-order valence-electron chi connectivity index (χ4n) is 2.62. The molecule has 7 heteroatoms. The summed E-state index contributed by atoms with van der Waals surface area (Å²) in [7, 11) is 0. The van der Waals surface area contributed by atoms with Crippen molar-refractivity contribution >= 4 is 29.2 Å². The highest BCUT2D eigenvalue weighted by Gasteiger charge is 2.41. The van der Waals surface area contributed by atoms with E-state index in [1.807, 2.05) is 6.07 Å². The summed E-state index contributed by atoms with van der Waals surface area (Å²) in [5, 5.41) is 10.1. The molecule has 0 aromatic heterocycles.